The summed E-state index contributed by atoms with van der Waals surface area (Å²) >= 11 is 0. The van der Waals surface area contributed by atoms with E-state index in [1.165, 1.54) is 0 Å². The number of benzene rings is 1. The molecule has 0 atom stereocenters. The molecule has 1 aromatic rings. The van der Waals surface area contributed by atoms with E-state index in [-0.39, 0.29) is 12.5 Å². The highest BCUT2D eigenvalue weighted by Gasteiger charge is 2.12. The summed E-state index contributed by atoms with van der Waals surface area (Å²) in [5.41, 5.74) is 2.09. The third kappa shape index (κ3) is 5.45. The van der Waals surface area contributed by atoms with Crippen molar-refractivity contribution in [3.63, 3.8) is 0 Å². The third-order valence-electron chi connectivity index (χ3n) is 3.13. The lowest BCUT2D eigenvalue weighted by atomic mass is 10.0. The van der Waals surface area contributed by atoms with Gasteiger partial charge in [-0.1, -0.05) is 19.8 Å². The maximum atomic E-state index is 12.0. The van der Waals surface area contributed by atoms with Gasteiger partial charge >= 0.3 is 5.97 Å². The predicted octanol–water partition coefficient (Wildman–Crippen LogP) is 2.69. The van der Waals surface area contributed by atoms with Crippen LogP contribution in [0.25, 0.3) is 0 Å². The first-order valence-corrected chi connectivity index (χ1v) is 7.19. The number of carboxylic acid groups (broad SMARTS) is 1. The van der Waals surface area contributed by atoms with Crippen molar-refractivity contribution in [2.24, 2.45) is 0 Å². The Morgan fingerprint density at radius 3 is 2.33 bits per heavy atom. The van der Waals surface area contributed by atoms with E-state index < -0.39 is 5.97 Å². The number of amides is 1. The van der Waals surface area contributed by atoms with E-state index in [4.69, 9.17) is 9.84 Å². The highest BCUT2D eigenvalue weighted by atomic mass is 16.5. The number of nitrogens with one attached hydrogen (secondary N) is 1. The summed E-state index contributed by atoms with van der Waals surface area (Å²) in [5.74, 6) is -0.603. The van der Waals surface area contributed by atoms with Crippen molar-refractivity contribution in [2.45, 2.75) is 40.0 Å². The van der Waals surface area contributed by atoms with Gasteiger partial charge in [-0.05, 0) is 43.5 Å². The zero-order valence-electron chi connectivity index (χ0n) is 12.9. The summed E-state index contributed by atoms with van der Waals surface area (Å²) in [6, 6.07) is 3.44. The van der Waals surface area contributed by atoms with E-state index in [2.05, 4.69) is 12.2 Å². The zero-order valence-corrected chi connectivity index (χ0v) is 12.9. The molecule has 0 aromatic heterocycles. The number of unbranched alkanes of at least 4 members (excludes halogenated alkanes) is 2. The van der Waals surface area contributed by atoms with Crippen LogP contribution in [-0.4, -0.2) is 30.1 Å². The number of hydrogen-bond donors (Lipinski definition) is 2. The standard InChI is InChI=1S/C16H23NO4/c1-4-5-6-7-17-16(20)13-8-11(2)15(12(3)9-13)21-10-14(18)19/h8-9H,4-7,10H2,1-3H3,(H,17,20)(H,18,19). The smallest absolute Gasteiger partial charge is 0.341 e. The Morgan fingerprint density at radius 1 is 1.19 bits per heavy atom. The molecule has 0 heterocycles. The largest absolute Gasteiger partial charge is 0.481 e. The van der Waals surface area contributed by atoms with E-state index >= 15 is 0 Å². The summed E-state index contributed by atoms with van der Waals surface area (Å²) in [6.07, 6.45) is 3.18. The van der Waals surface area contributed by atoms with E-state index in [1.807, 2.05) is 0 Å². The Labute approximate surface area is 125 Å². The van der Waals surface area contributed by atoms with E-state index in [0.29, 0.717) is 17.9 Å². The molecule has 0 aliphatic carbocycles. The molecular weight excluding hydrogens is 270 g/mol. The van der Waals surface area contributed by atoms with Gasteiger partial charge in [0.1, 0.15) is 5.75 Å². The monoisotopic (exact) mass is 293 g/mol. The maximum Gasteiger partial charge on any atom is 0.341 e. The summed E-state index contributed by atoms with van der Waals surface area (Å²) in [4.78, 5) is 22.6. The van der Waals surface area contributed by atoms with Crippen molar-refractivity contribution in [1.82, 2.24) is 5.32 Å². The van der Waals surface area contributed by atoms with Gasteiger partial charge in [-0.15, -0.1) is 0 Å². The number of ether oxygens (including phenoxy) is 1. The van der Waals surface area contributed by atoms with Gasteiger partial charge in [0.05, 0.1) is 0 Å². The van der Waals surface area contributed by atoms with Crippen LogP contribution < -0.4 is 10.1 Å². The molecular formula is C16H23NO4. The molecule has 0 bridgehead atoms. The van der Waals surface area contributed by atoms with Gasteiger partial charge in [-0.25, -0.2) is 4.79 Å². The van der Waals surface area contributed by atoms with Crippen LogP contribution in [-0.2, 0) is 4.79 Å². The topological polar surface area (TPSA) is 75.6 Å². The molecule has 0 aliphatic rings. The van der Waals surface area contributed by atoms with E-state index in [0.717, 1.165) is 30.4 Å². The van der Waals surface area contributed by atoms with Gasteiger partial charge in [0, 0.05) is 12.1 Å². The van der Waals surface area contributed by atoms with Crippen LogP contribution in [0.1, 0.15) is 47.7 Å². The lowest BCUT2D eigenvalue weighted by molar-refractivity contribution is -0.139. The minimum atomic E-state index is -1.02. The molecule has 1 amide bonds. The molecule has 5 nitrogen and oxygen atoms in total. The summed E-state index contributed by atoms with van der Waals surface area (Å²) in [5, 5.41) is 11.5. The molecule has 1 aromatic carbocycles. The maximum absolute atomic E-state index is 12.0. The van der Waals surface area contributed by atoms with Crippen LogP contribution in [0.3, 0.4) is 0 Å². The Kier molecular flexibility index (Phi) is 6.72. The Hall–Kier alpha value is -2.04. The highest BCUT2D eigenvalue weighted by molar-refractivity contribution is 5.94. The average Bonchev–Trinajstić information content (AvgIpc) is 2.42. The van der Waals surface area contributed by atoms with Crippen LogP contribution in [0.4, 0.5) is 0 Å². The molecule has 5 heteroatoms. The number of carbonyl (C=O) groups is 2. The highest BCUT2D eigenvalue weighted by Crippen LogP contribution is 2.24. The van der Waals surface area contributed by atoms with Gasteiger partial charge in [-0.2, -0.15) is 0 Å². The van der Waals surface area contributed by atoms with E-state index in [9.17, 15) is 9.59 Å². The number of rotatable bonds is 8. The molecule has 116 valence electrons. The first-order chi connectivity index (χ1) is 9.95. The molecule has 2 N–H and O–H groups in total. The minimum Gasteiger partial charge on any atom is -0.481 e. The molecule has 21 heavy (non-hydrogen) atoms. The van der Waals surface area contributed by atoms with Gasteiger partial charge in [0.25, 0.3) is 5.91 Å². The Morgan fingerprint density at radius 2 is 1.81 bits per heavy atom. The number of aliphatic carboxylic acids is 1. The SMILES string of the molecule is CCCCCNC(=O)c1cc(C)c(OCC(=O)O)c(C)c1. The third-order valence-corrected chi connectivity index (χ3v) is 3.13. The normalized spacial score (nSPS) is 10.2. The summed E-state index contributed by atoms with van der Waals surface area (Å²) < 4.78 is 5.25. The van der Waals surface area contributed by atoms with E-state index in [1.54, 1.807) is 26.0 Å². The molecule has 0 radical (unpaired) electrons. The van der Waals surface area contributed by atoms with Crippen molar-refractivity contribution < 1.29 is 19.4 Å². The fraction of sp³-hybridized carbons (Fsp3) is 0.500. The Bertz CT molecular complexity index is 488. The van der Waals surface area contributed by atoms with Crippen molar-refractivity contribution in [2.75, 3.05) is 13.2 Å². The Balaban J connectivity index is 2.73. The van der Waals surface area contributed by atoms with Gasteiger partial charge in [0.15, 0.2) is 6.61 Å². The van der Waals surface area contributed by atoms with Gasteiger partial charge in [0.2, 0.25) is 0 Å². The van der Waals surface area contributed by atoms with Crippen LogP contribution in [0, 0.1) is 13.8 Å². The number of aryl methyl sites for hydroxylation is 2. The quantitative estimate of drug-likeness (QED) is 0.723. The lowest BCUT2D eigenvalue weighted by Crippen LogP contribution is -2.24. The van der Waals surface area contributed by atoms with Crippen LogP contribution in [0.15, 0.2) is 12.1 Å². The van der Waals surface area contributed by atoms with Crippen molar-refractivity contribution in [1.29, 1.82) is 0 Å². The van der Waals surface area contributed by atoms with Crippen molar-refractivity contribution >= 4 is 11.9 Å². The van der Waals surface area contributed by atoms with Gasteiger partial charge < -0.3 is 15.2 Å². The summed E-state index contributed by atoms with van der Waals surface area (Å²) in [6.45, 7) is 6.01. The molecule has 0 fully saturated rings. The fourth-order valence-corrected chi connectivity index (χ4v) is 2.12. The fourth-order valence-electron chi connectivity index (χ4n) is 2.12. The molecule has 0 spiro atoms. The lowest BCUT2D eigenvalue weighted by Gasteiger charge is -2.13. The first kappa shape index (κ1) is 17.0. The summed E-state index contributed by atoms with van der Waals surface area (Å²) in [7, 11) is 0. The second-order valence-corrected chi connectivity index (χ2v) is 5.08. The number of carbonyl (C=O) groups excluding carboxylic acids is 1. The molecule has 0 saturated carbocycles. The van der Waals surface area contributed by atoms with Crippen molar-refractivity contribution in [3.05, 3.63) is 28.8 Å². The first-order valence-electron chi connectivity index (χ1n) is 7.19. The second-order valence-electron chi connectivity index (χ2n) is 5.08. The zero-order chi connectivity index (χ0) is 15.8. The van der Waals surface area contributed by atoms with Crippen molar-refractivity contribution in [3.8, 4) is 5.75 Å². The molecule has 0 unspecified atom stereocenters. The molecule has 0 saturated heterocycles. The number of carboxylic acids is 1. The average molecular weight is 293 g/mol. The second kappa shape index (κ2) is 8.29. The van der Waals surface area contributed by atoms with Crippen LogP contribution in [0.5, 0.6) is 5.75 Å². The minimum absolute atomic E-state index is 0.109. The predicted molar refractivity (Wildman–Crippen MR) is 80.9 cm³/mol. The molecule has 1 rings (SSSR count). The van der Waals surface area contributed by atoms with Crippen LogP contribution >= 0.6 is 0 Å². The molecule has 0 aliphatic heterocycles. The number of hydrogen-bond acceptors (Lipinski definition) is 3. The van der Waals surface area contributed by atoms with Gasteiger partial charge in [-0.3, -0.25) is 4.79 Å². The van der Waals surface area contributed by atoms with Crippen LogP contribution in [0.2, 0.25) is 0 Å².